The number of hydrogen-bond donors (Lipinski definition) is 2. The van der Waals surface area contributed by atoms with Crippen LogP contribution in [0.5, 0.6) is 0 Å². The quantitative estimate of drug-likeness (QED) is 0.497. The molecule has 0 bridgehead atoms. The molecule has 0 atom stereocenters. The van der Waals surface area contributed by atoms with Gasteiger partial charge < -0.3 is 10.7 Å². The van der Waals surface area contributed by atoms with E-state index in [0.717, 1.165) is 11.3 Å². The molecule has 2 aromatic carbocycles. The van der Waals surface area contributed by atoms with E-state index in [0.29, 0.717) is 17.5 Å². The second-order valence-corrected chi connectivity index (χ2v) is 4.32. The Kier molecular flexibility index (Phi) is 4.77. The Morgan fingerprint density at radius 1 is 1.10 bits per heavy atom. The molecule has 21 heavy (non-hydrogen) atoms. The number of rotatable bonds is 5. The van der Waals surface area contributed by atoms with Crippen molar-refractivity contribution >= 4 is 35.3 Å². The van der Waals surface area contributed by atoms with Crippen LogP contribution in [0.3, 0.4) is 0 Å². The minimum Gasteiger partial charge on any atom is -0.337 e. The van der Waals surface area contributed by atoms with E-state index in [1.807, 2.05) is 42.5 Å². The van der Waals surface area contributed by atoms with Crippen LogP contribution in [0.15, 0.2) is 66.2 Å². The number of aldehydes is 1. The highest BCUT2D eigenvalue weighted by Crippen LogP contribution is 2.17. The molecule has 2 rings (SSSR count). The summed E-state index contributed by atoms with van der Waals surface area (Å²) in [6, 6.07) is 16.6. The molecule has 0 aliphatic heterocycles. The van der Waals surface area contributed by atoms with Crippen LogP contribution in [-0.4, -0.2) is 18.3 Å². The maximum atomic E-state index is 11.1. The van der Waals surface area contributed by atoms with Gasteiger partial charge in [0.2, 0.25) is 0 Å². The second kappa shape index (κ2) is 6.96. The van der Waals surface area contributed by atoms with Crippen molar-refractivity contribution in [3.63, 3.8) is 0 Å². The first-order chi connectivity index (χ1) is 10.2. The average molecular weight is 277 g/mol. The predicted octanol–water partition coefficient (Wildman–Crippen LogP) is 3.69. The molecule has 2 N–H and O–H groups in total. The second-order valence-electron chi connectivity index (χ2n) is 4.32. The third kappa shape index (κ3) is 3.98. The highest BCUT2D eigenvalue weighted by molar-refractivity contribution is 6.33. The average Bonchev–Trinajstić information content (AvgIpc) is 2.55. The van der Waals surface area contributed by atoms with Crippen LogP contribution in [0.2, 0.25) is 0 Å². The fourth-order valence-corrected chi connectivity index (χ4v) is 1.73. The summed E-state index contributed by atoms with van der Waals surface area (Å²) in [5.74, 6) is 0.236. The van der Waals surface area contributed by atoms with Crippen molar-refractivity contribution in [2.45, 2.75) is 0 Å². The van der Waals surface area contributed by atoms with E-state index in [2.05, 4.69) is 16.9 Å². The molecule has 0 fully saturated rings. The summed E-state index contributed by atoms with van der Waals surface area (Å²) in [4.78, 5) is 15.3. The lowest BCUT2D eigenvalue weighted by Gasteiger charge is -2.05. The minimum absolute atomic E-state index is 0.236. The van der Waals surface area contributed by atoms with Gasteiger partial charge in [-0.25, -0.2) is 4.99 Å². The zero-order valence-electron chi connectivity index (χ0n) is 11.4. The van der Waals surface area contributed by atoms with Gasteiger partial charge in [-0.1, -0.05) is 36.9 Å². The Balaban J connectivity index is 2.18. The molecule has 0 amide bonds. The molecule has 2 aromatic rings. The molecule has 0 spiro atoms. The number of anilines is 1. The van der Waals surface area contributed by atoms with E-state index in [-0.39, 0.29) is 5.84 Å². The zero-order valence-corrected chi connectivity index (χ0v) is 11.4. The Morgan fingerprint density at radius 2 is 1.76 bits per heavy atom. The molecule has 4 nitrogen and oxygen atoms in total. The molecular formula is C17H15N3O. The summed E-state index contributed by atoms with van der Waals surface area (Å²) in [6.07, 6.45) is 1.88. The predicted molar refractivity (Wildman–Crippen MR) is 87.5 cm³/mol. The summed E-state index contributed by atoms with van der Waals surface area (Å²) in [5, 5.41) is 10.1. The molecule has 0 saturated heterocycles. The number of carbonyl (C=O) groups excluding carboxylic acids is 1. The zero-order chi connectivity index (χ0) is 15.1. The van der Waals surface area contributed by atoms with Gasteiger partial charge in [0.1, 0.15) is 0 Å². The SMILES string of the molecule is C=C(C=N)c1ccc(N=C(C=O)Nc2ccccc2)cc1. The number of aliphatic imine (C=N–C) groups is 1. The van der Waals surface area contributed by atoms with Gasteiger partial charge in [-0.3, -0.25) is 4.79 Å². The van der Waals surface area contributed by atoms with Crippen molar-refractivity contribution in [2.75, 3.05) is 5.32 Å². The number of allylic oxidation sites excluding steroid dienone is 1. The third-order valence-corrected chi connectivity index (χ3v) is 2.82. The minimum atomic E-state index is 0.236. The van der Waals surface area contributed by atoms with Crippen molar-refractivity contribution in [3.8, 4) is 0 Å². The largest absolute Gasteiger partial charge is 0.337 e. The molecule has 0 aliphatic rings. The molecule has 0 saturated carbocycles. The van der Waals surface area contributed by atoms with Crippen molar-refractivity contribution in [3.05, 3.63) is 66.7 Å². The van der Waals surface area contributed by atoms with Crippen LogP contribution in [0.4, 0.5) is 11.4 Å². The molecular weight excluding hydrogens is 262 g/mol. The summed E-state index contributed by atoms with van der Waals surface area (Å²) in [7, 11) is 0. The summed E-state index contributed by atoms with van der Waals surface area (Å²) in [6.45, 7) is 3.76. The van der Waals surface area contributed by atoms with Crippen molar-refractivity contribution < 1.29 is 4.79 Å². The van der Waals surface area contributed by atoms with Gasteiger partial charge in [0.15, 0.2) is 12.1 Å². The van der Waals surface area contributed by atoms with Crippen LogP contribution >= 0.6 is 0 Å². The van der Waals surface area contributed by atoms with Gasteiger partial charge in [0.05, 0.1) is 5.69 Å². The standard InChI is InChI=1S/C17H15N3O/c1-13(11-18)14-7-9-16(10-8-14)20-17(12-21)19-15-5-3-2-4-6-15/h2-12,18H,1H2,(H,19,20). The van der Waals surface area contributed by atoms with Gasteiger partial charge >= 0.3 is 0 Å². The number of amidine groups is 1. The summed E-state index contributed by atoms with van der Waals surface area (Å²) in [5.41, 5.74) is 2.94. The van der Waals surface area contributed by atoms with Gasteiger partial charge in [0, 0.05) is 11.9 Å². The monoisotopic (exact) mass is 277 g/mol. The van der Waals surface area contributed by atoms with Gasteiger partial charge in [-0.15, -0.1) is 0 Å². The van der Waals surface area contributed by atoms with E-state index in [4.69, 9.17) is 5.41 Å². The highest BCUT2D eigenvalue weighted by atomic mass is 16.1. The van der Waals surface area contributed by atoms with Crippen molar-refractivity contribution in [1.29, 1.82) is 5.41 Å². The van der Waals surface area contributed by atoms with Crippen LogP contribution < -0.4 is 5.32 Å². The third-order valence-electron chi connectivity index (χ3n) is 2.82. The first-order valence-electron chi connectivity index (χ1n) is 6.38. The van der Waals surface area contributed by atoms with Crippen molar-refractivity contribution in [2.24, 2.45) is 4.99 Å². The Morgan fingerprint density at radius 3 is 2.33 bits per heavy atom. The number of benzene rings is 2. The van der Waals surface area contributed by atoms with Crippen LogP contribution in [0, 0.1) is 5.41 Å². The Hall–Kier alpha value is -3.01. The summed E-state index contributed by atoms with van der Waals surface area (Å²) >= 11 is 0. The topological polar surface area (TPSA) is 65.3 Å². The van der Waals surface area contributed by atoms with E-state index in [9.17, 15) is 4.79 Å². The molecule has 0 radical (unpaired) electrons. The van der Waals surface area contributed by atoms with E-state index < -0.39 is 0 Å². The Labute approximate surface area is 123 Å². The lowest BCUT2D eigenvalue weighted by atomic mass is 10.1. The van der Waals surface area contributed by atoms with Crippen LogP contribution in [0.1, 0.15) is 5.56 Å². The lowest BCUT2D eigenvalue weighted by molar-refractivity contribution is -0.102. The molecule has 0 aliphatic carbocycles. The fourth-order valence-electron chi connectivity index (χ4n) is 1.73. The Bertz CT molecular complexity index is 673. The fraction of sp³-hybridized carbons (Fsp3) is 0. The van der Waals surface area contributed by atoms with E-state index >= 15 is 0 Å². The molecule has 104 valence electrons. The first-order valence-corrected chi connectivity index (χ1v) is 6.38. The normalized spacial score (nSPS) is 10.8. The smallest absolute Gasteiger partial charge is 0.185 e. The van der Waals surface area contributed by atoms with E-state index in [1.54, 1.807) is 12.1 Å². The highest BCUT2D eigenvalue weighted by Gasteiger charge is 2.00. The van der Waals surface area contributed by atoms with Crippen LogP contribution in [-0.2, 0) is 4.79 Å². The molecule has 0 unspecified atom stereocenters. The lowest BCUT2D eigenvalue weighted by Crippen LogP contribution is -2.12. The molecule has 0 aromatic heterocycles. The summed E-state index contributed by atoms with van der Waals surface area (Å²) < 4.78 is 0. The number of para-hydroxylation sites is 1. The number of carbonyl (C=O) groups is 1. The van der Waals surface area contributed by atoms with Gasteiger partial charge in [-0.2, -0.15) is 0 Å². The number of hydrogen-bond acceptors (Lipinski definition) is 3. The van der Waals surface area contributed by atoms with E-state index in [1.165, 1.54) is 6.21 Å². The van der Waals surface area contributed by atoms with Crippen LogP contribution in [0.25, 0.3) is 5.57 Å². The molecule has 0 heterocycles. The van der Waals surface area contributed by atoms with Gasteiger partial charge in [-0.05, 0) is 35.4 Å². The molecule has 4 heteroatoms. The van der Waals surface area contributed by atoms with Crippen molar-refractivity contribution in [1.82, 2.24) is 0 Å². The maximum Gasteiger partial charge on any atom is 0.185 e. The number of nitrogens with one attached hydrogen (secondary N) is 2. The maximum absolute atomic E-state index is 11.1. The number of nitrogens with zero attached hydrogens (tertiary/aromatic N) is 1. The first kappa shape index (κ1) is 14.4. The van der Waals surface area contributed by atoms with Gasteiger partial charge in [0.25, 0.3) is 0 Å².